The molecule has 1 N–H and O–H groups in total. The fraction of sp³-hybridized carbons (Fsp3) is 0.636. The normalized spacial score (nSPS) is 35.0. The van der Waals surface area contributed by atoms with Crippen LogP contribution in [0.2, 0.25) is 0 Å². The summed E-state index contributed by atoms with van der Waals surface area (Å²) in [6.45, 7) is 5.59. The Morgan fingerprint density at radius 3 is 3.08 bits per heavy atom. The number of allylic oxidation sites excluding steroid dienone is 2. The fourth-order valence-corrected chi connectivity index (χ4v) is 1.80. The van der Waals surface area contributed by atoms with E-state index in [1.807, 2.05) is 19.1 Å². The minimum absolute atomic E-state index is 0.417. The third-order valence-electron chi connectivity index (χ3n) is 2.68. The zero-order chi connectivity index (χ0) is 9.03. The minimum atomic E-state index is -0.582. The van der Waals surface area contributed by atoms with E-state index in [-0.39, 0.29) is 0 Å². The Morgan fingerprint density at radius 1 is 1.75 bits per heavy atom. The summed E-state index contributed by atoms with van der Waals surface area (Å²) in [7, 11) is 0. The molecule has 0 aromatic rings. The van der Waals surface area contributed by atoms with Gasteiger partial charge in [-0.15, -0.1) is 6.58 Å². The van der Waals surface area contributed by atoms with E-state index in [9.17, 15) is 5.11 Å². The molecule has 1 heteroatoms. The maximum atomic E-state index is 9.94. The van der Waals surface area contributed by atoms with E-state index >= 15 is 0 Å². The van der Waals surface area contributed by atoms with Crippen LogP contribution in [0.1, 0.15) is 32.6 Å². The molecule has 0 saturated heterocycles. The van der Waals surface area contributed by atoms with Crippen LogP contribution >= 0.6 is 0 Å². The lowest BCUT2D eigenvalue weighted by molar-refractivity contribution is 0.0328. The van der Waals surface area contributed by atoms with Crippen LogP contribution in [0.3, 0.4) is 0 Å². The van der Waals surface area contributed by atoms with Crippen LogP contribution in [0.5, 0.6) is 0 Å². The van der Waals surface area contributed by atoms with Crippen LogP contribution in [0.4, 0.5) is 0 Å². The predicted molar refractivity (Wildman–Crippen MR) is 51.9 cm³/mol. The van der Waals surface area contributed by atoms with Crippen molar-refractivity contribution in [1.29, 1.82) is 0 Å². The van der Waals surface area contributed by atoms with E-state index in [0.717, 1.165) is 25.7 Å². The van der Waals surface area contributed by atoms with Gasteiger partial charge in [0.2, 0.25) is 0 Å². The molecule has 68 valence electrons. The molecule has 0 fully saturated rings. The van der Waals surface area contributed by atoms with Crippen molar-refractivity contribution < 1.29 is 5.11 Å². The zero-order valence-electron chi connectivity index (χ0n) is 7.79. The number of hydrogen-bond donors (Lipinski definition) is 1. The lowest BCUT2D eigenvalue weighted by atomic mass is 9.78. The fourth-order valence-electron chi connectivity index (χ4n) is 1.80. The summed E-state index contributed by atoms with van der Waals surface area (Å²) in [5.41, 5.74) is -0.582. The maximum Gasteiger partial charge on any atom is 0.0827 e. The summed E-state index contributed by atoms with van der Waals surface area (Å²) in [4.78, 5) is 0. The van der Waals surface area contributed by atoms with Crippen LogP contribution < -0.4 is 0 Å². The van der Waals surface area contributed by atoms with E-state index in [2.05, 4.69) is 12.7 Å². The first-order valence-electron chi connectivity index (χ1n) is 4.68. The SMILES string of the molecule is C=CCCC1CCC=CC1(C)O. The van der Waals surface area contributed by atoms with Crippen LogP contribution in [0.15, 0.2) is 24.8 Å². The molecule has 0 aromatic carbocycles. The summed E-state index contributed by atoms with van der Waals surface area (Å²) < 4.78 is 0. The lowest BCUT2D eigenvalue weighted by Gasteiger charge is -2.32. The van der Waals surface area contributed by atoms with Gasteiger partial charge in [0.15, 0.2) is 0 Å². The second-order valence-electron chi connectivity index (χ2n) is 3.77. The molecule has 0 radical (unpaired) electrons. The van der Waals surface area contributed by atoms with Crippen molar-refractivity contribution in [2.75, 3.05) is 0 Å². The molecule has 1 aliphatic rings. The van der Waals surface area contributed by atoms with Crippen molar-refractivity contribution in [2.45, 2.75) is 38.2 Å². The maximum absolute atomic E-state index is 9.94. The topological polar surface area (TPSA) is 20.2 Å². The van der Waals surface area contributed by atoms with Gasteiger partial charge in [-0.25, -0.2) is 0 Å². The zero-order valence-corrected chi connectivity index (χ0v) is 7.79. The van der Waals surface area contributed by atoms with Gasteiger partial charge < -0.3 is 5.11 Å². The smallest absolute Gasteiger partial charge is 0.0827 e. The highest BCUT2D eigenvalue weighted by molar-refractivity contribution is 5.06. The van der Waals surface area contributed by atoms with E-state index in [0.29, 0.717) is 5.92 Å². The monoisotopic (exact) mass is 166 g/mol. The Morgan fingerprint density at radius 2 is 2.50 bits per heavy atom. The Hall–Kier alpha value is -0.560. The first-order valence-corrected chi connectivity index (χ1v) is 4.68. The molecule has 2 atom stereocenters. The van der Waals surface area contributed by atoms with Crippen molar-refractivity contribution in [1.82, 2.24) is 0 Å². The first-order chi connectivity index (χ1) is 5.67. The average Bonchev–Trinajstić information content (AvgIpc) is 2.02. The van der Waals surface area contributed by atoms with Crippen molar-refractivity contribution in [2.24, 2.45) is 5.92 Å². The molecule has 0 heterocycles. The summed E-state index contributed by atoms with van der Waals surface area (Å²) in [6.07, 6.45) is 10.2. The number of hydrogen-bond acceptors (Lipinski definition) is 1. The lowest BCUT2D eigenvalue weighted by Crippen LogP contribution is -2.34. The van der Waals surface area contributed by atoms with Gasteiger partial charge in [0.1, 0.15) is 0 Å². The van der Waals surface area contributed by atoms with E-state index in [4.69, 9.17) is 0 Å². The highest BCUT2D eigenvalue weighted by Gasteiger charge is 2.29. The molecule has 0 aromatic heterocycles. The van der Waals surface area contributed by atoms with Crippen molar-refractivity contribution in [3.8, 4) is 0 Å². The molecule has 0 spiro atoms. The van der Waals surface area contributed by atoms with Gasteiger partial charge in [-0.1, -0.05) is 18.2 Å². The average molecular weight is 166 g/mol. The molecule has 0 saturated carbocycles. The molecule has 1 aliphatic carbocycles. The van der Waals surface area contributed by atoms with Crippen molar-refractivity contribution in [3.05, 3.63) is 24.8 Å². The Bertz CT molecular complexity index is 179. The van der Waals surface area contributed by atoms with Crippen LogP contribution in [0, 0.1) is 5.92 Å². The van der Waals surface area contributed by atoms with E-state index < -0.39 is 5.60 Å². The molecule has 0 amide bonds. The summed E-state index contributed by atoms with van der Waals surface area (Å²) >= 11 is 0. The molecule has 2 unspecified atom stereocenters. The molecule has 1 rings (SSSR count). The molecule has 0 bridgehead atoms. The van der Waals surface area contributed by atoms with Gasteiger partial charge in [0, 0.05) is 0 Å². The molecule has 0 aliphatic heterocycles. The van der Waals surface area contributed by atoms with Gasteiger partial charge >= 0.3 is 0 Å². The highest BCUT2D eigenvalue weighted by Crippen LogP contribution is 2.31. The van der Waals surface area contributed by atoms with E-state index in [1.165, 1.54) is 0 Å². The third kappa shape index (κ3) is 2.21. The third-order valence-corrected chi connectivity index (χ3v) is 2.68. The van der Waals surface area contributed by atoms with Gasteiger partial charge in [-0.3, -0.25) is 0 Å². The first kappa shape index (κ1) is 9.53. The van der Waals surface area contributed by atoms with Gasteiger partial charge in [0.05, 0.1) is 5.60 Å². The van der Waals surface area contributed by atoms with Crippen molar-refractivity contribution in [3.63, 3.8) is 0 Å². The molecular formula is C11H18O. The number of aliphatic hydroxyl groups is 1. The van der Waals surface area contributed by atoms with Crippen LogP contribution in [-0.4, -0.2) is 10.7 Å². The van der Waals surface area contributed by atoms with E-state index in [1.54, 1.807) is 0 Å². The van der Waals surface area contributed by atoms with Gasteiger partial charge in [-0.2, -0.15) is 0 Å². The Balaban J connectivity index is 2.51. The predicted octanol–water partition coefficient (Wildman–Crippen LogP) is 2.67. The minimum Gasteiger partial charge on any atom is -0.386 e. The Kier molecular flexibility index (Phi) is 3.10. The van der Waals surface area contributed by atoms with Crippen LogP contribution in [0.25, 0.3) is 0 Å². The Labute approximate surface area is 74.8 Å². The standard InChI is InChI=1S/C11H18O/c1-3-4-7-10-8-5-6-9-11(10,2)12/h3,6,9-10,12H,1,4-5,7-8H2,2H3. The second-order valence-corrected chi connectivity index (χ2v) is 3.77. The second kappa shape index (κ2) is 3.90. The van der Waals surface area contributed by atoms with Crippen LogP contribution in [-0.2, 0) is 0 Å². The molecule has 1 nitrogen and oxygen atoms in total. The summed E-state index contributed by atoms with van der Waals surface area (Å²) in [6, 6.07) is 0. The highest BCUT2D eigenvalue weighted by atomic mass is 16.3. The molecule has 12 heavy (non-hydrogen) atoms. The summed E-state index contributed by atoms with van der Waals surface area (Å²) in [5, 5.41) is 9.94. The summed E-state index contributed by atoms with van der Waals surface area (Å²) in [5.74, 6) is 0.417. The number of rotatable bonds is 3. The van der Waals surface area contributed by atoms with Gasteiger partial charge in [-0.05, 0) is 38.5 Å². The largest absolute Gasteiger partial charge is 0.386 e. The van der Waals surface area contributed by atoms with Gasteiger partial charge in [0.25, 0.3) is 0 Å². The molecular weight excluding hydrogens is 148 g/mol. The quantitative estimate of drug-likeness (QED) is 0.639. The van der Waals surface area contributed by atoms with Crippen molar-refractivity contribution >= 4 is 0 Å².